The van der Waals surface area contributed by atoms with Crippen molar-refractivity contribution in [2.24, 2.45) is 16.8 Å². The summed E-state index contributed by atoms with van der Waals surface area (Å²) < 4.78 is 0. The molecular formula is C14H21Cl2N3S. The topological polar surface area (TPSA) is 18.8 Å². The third-order valence-electron chi connectivity index (χ3n) is 3.64. The molecule has 0 amide bonds. The number of thioether (sulfide) groups is 1. The van der Waals surface area contributed by atoms with Crippen molar-refractivity contribution in [1.29, 1.82) is 0 Å². The first-order valence-corrected chi connectivity index (χ1v) is 8.66. The summed E-state index contributed by atoms with van der Waals surface area (Å²) in [6.07, 6.45) is 3.39. The molecule has 3 atom stereocenters. The first-order valence-electron chi connectivity index (χ1n) is 6.85. The fourth-order valence-electron chi connectivity index (χ4n) is 2.68. The molecule has 2 aliphatic rings. The molecule has 0 saturated carbocycles. The third kappa shape index (κ3) is 3.94. The van der Waals surface area contributed by atoms with E-state index in [0.717, 1.165) is 19.5 Å². The lowest BCUT2D eigenvalue weighted by atomic mass is 10.1. The van der Waals surface area contributed by atoms with Gasteiger partial charge in [-0.25, -0.2) is 5.01 Å². The van der Waals surface area contributed by atoms with Crippen LogP contribution in [-0.4, -0.2) is 40.2 Å². The van der Waals surface area contributed by atoms with Gasteiger partial charge in [-0.2, -0.15) is 0 Å². The largest absolute Gasteiger partial charge is 0.271 e. The molecule has 1 fully saturated rings. The second-order valence-electron chi connectivity index (χ2n) is 5.36. The highest BCUT2D eigenvalue weighted by Crippen LogP contribution is 2.32. The second kappa shape index (κ2) is 7.21. The summed E-state index contributed by atoms with van der Waals surface area (Å²) in [5, 5.41) is 7.51. The quantitative estimate of drug-likeness (QED) is 0.557. The minimum atomic E-state index is -0.0361. The van der Waals surface area contributed by atoms with Gasteiger partial charge in [0.1, 0.15) is 11.3 Å². The molecule has 1 saturated heterocycles. The molecule has 0 aromatic carbocycles. The number of nitrogens with zero attached hydrogens (tertiary/aromatic N) is 3. The Morgan fingerprint density at radius 2 is 2.25 bits per heavy atom. The van der Waals surface area contributed by atoms with Crippen molar-refractivity contribution >= 4 is 40.1 Å². The molecule has 0 aromatic rings. The SMILES string of the molecule is C=C(Cl)N1C(N=C(C)Cl)[C@@H](C)CN1CC[C@H]1C=CSC1. The summed E-state index contributed by atoms with van der Waals surface area (Å²) >= 11 is 14.0. The van der Waals surface area contributed by atoms with Gasteiger partial charge in [0.15, 0.2) is 0 Å². The zero-order chi connectivity index (χ0) is 14.7. The Kier molecular flexibility index (Phi) is 5.84. The van der Waals surface area contributed by atoms with Gasteiger partial charge in [0.05, 0.1) is 5.17 Å². The summed E-state index contributed by atoms with van der Waals surface area (Å²) in [5.74, 6) is 2.24. The Labute approximate surface area is 135 Å². The van der Waals surface area contributed by atoms with E-state index >= 15 is 0 Å². The normalized spacial score (nSPS) is 31.3. The van der Waals surface area contributed by atoms with Crippen LogP contribution in [0.2, 0.25) is 0 Å². The second-order valence-corrected chi connectivity index (χ2v) is 7.28. The molecule has 6 heteroatoms. The molecule has 112 valence electrons. The van der Waals surface area contributed by atoms with Gasteiger partial charge in [-0.05, 0) is 24.7 Å². The van der Waals surface area contributed by atoms with Gasteiger partial charge >= 0.3 is 0 Å². The average Bonchev–Trinajstić information content (AvgIpc) is 2.95. The van der Waals surface area contributed by atoms with Crippen molar-refractivity contribution in [2.45, 2.75) is 26.4 Å². The van der Waals surface area contributed by atoms with Gasteiger partial charge < -0.3 is 0 Å². The fourth-order valence-corrected chi connectivity index (χ4v) is 3.96. The van der Waals surface area contributed by atoms with Crippen LogP contribution in [-0.2, 0) is 0 Å². The summed E-state index contributed by atoms with van der Waals surface area (Å²) in [6, 6.07) is 0. The molecule has 0 spiro atoms. The standard InChI is InChI=1S/C14H21Cl2N3S/c1-10-8-18(6-4-13-5-7-20-9-13)19(12(3)16)14(10)17-11(2)15/h5,7,10,13-14H,3-4,6,8-9H2,1-2H3/t10-,13-,14?/m0/s1. The van der Waals surface area contributed by atoms with Gasteiger partial charge in [0, 0.05) is 24.8 Å². The van der Waals surface area contributed by atoms with Crippen molar-refractivity contribution in [3.05, 3.63) is 23.2 Å². The molecule has 0 bridgehead atoms. The number of rotatable bonds is 5. The summed E-state index contributed by atoms with van der Waals surface area (Å²) in [6.45, 7) is 9.76. The number of aliphatic imine (C=N–C) groups is 1. The van der Waals surface area contributed by atoms with Crippen molar-refractivity contribution in [3.63, 3.8) is 0 Å². The number of hydrogen-bond donors (Lipinski definition) is 0. The number of hydrogen-bond acceptors (Lipinski definition) is 4. The lowest BCUT2D eigenvalue weighted by Gasteiger charge is -2.32. The number of allylic oxidation sites excluding steroid dienone is 1. The average molecular weight is 334 g/mol. The molecular weight excluding hydrogens is 313 g/mol. The maximum absolute atomic E-state index is 6.18. The lowest BCUT2D eigenvalue weighted by Crippen LogP contribution is -2.39. The van der Waals surface area contributed by atoms with Crippen LogP contribution in [0.1, 0.15) is 20.3 Å². The van der Waals surface area contributed by atoms with Crippen molar-refractivity contribution in [2.75, 3.05) is 18.8 Å². The van der Waals surface area contributed by atoms with Gasteiger partial charge in [-0.15, -0.1) is 11.8 Å². The lowest BCUT2D eigenvalue weighted by molar-refractivity contribution is 0.0429. The van der Waals surface area contributed by atoms with Crippen LogP contribution in [0.5, 0.6) is 0 Å². The molecule has 2 rings (SSSR count). The fraction of sp³-hybridized carbons (Fsp3) is 0.643. The van der Waals surface area contributed by atoms with Crippen LogP contribution in [0, 0.1) is 11.8 Å². The smallest absolute Gasteiger partial charge is 0.141 e. The maximum atomic E-state index is 6.18. The van der Waals surface area contributed by atoms with Gasteiger partial charge in [0.25, 0.3) is 0 Å². The Morgan fingerprint density at radius 1 is 1.50 bits per heavy atom. The molecule has 0 N–H and O–H groups in total. The van der Waals surface area contributed by atoms with E-state index < -0.39 is 0 Å². The number of halogens is 2. The van der Waals surface area contributed by atoms with Crippen molar-refractivity contribution < 1.29 is 0 Å². The Morgan fingerprint density at radius 3 is 2.80 bits per heavy atom. The van der Waals surface area contributed by atoms with Crippen LogP contribution in [0.15, 0.2) is 28.2 Å². The Balaban J connectivity index is 2.02. The molecule has 20 heavy (non-hydrogen) atoms. The molecule has 0 aliphatic carbocycles. The van der Waals surface area contributed by atoms with E-state index in [2.05, 4.69) is 35.0 Å². The molecule has 3 nitrogen and oxygen atoms in total. The molecule has 2 heterocycles. The minimum absolute atomic E-state index is 0.0361. The van der Waals surface area contributed by atoms with E-state index in [-0.39, 0.29) is 6.17 Å². The van der Waals surface area contributed by atoms with Crippen LogP contribution < -0.4 is 0 Å². The van der Waals surface area contributed by atoms with E-state index in [1.54, 1.807) is 6.92 Å². The zero-order valence-electron chi connectivity index (χ0n) is 11.9. The van der Waals surface area contributed by atoms with Crippen molar-refractivity contribution in [3.8, 4) is 0 Å². The van der Waals surface area contributed by atoms with E-state index in [1.807, 2.05) is 16.8 Å². The van der Waals surface area contributed by atoms with Crippen LogP contribution in [0.25, 0.3) is 0 Å². The number of hydrazine groups is 1. The highest BCUT2D eigenvalue weighted by atomic mass is 35.5. The van der Waals surface area contributed by atoms with Gasteiger partial charge in [0.2, 0.25) is 0 Å². The van der Waals surface area contributed by atoms with Crippen LogP contribution >= 0.6 is 35.0 Å². The molecule has 0 radical (unpaired) electrons. The van der Waals surface area contributed by atoms with Crippen LogP contribution in [0.3, 0.4) is 0 Å². The monoisotopic (exact) mass is 333 g/mol. The first kappa shape index (κ1) is 16.2. The molecule has 1 unspecified atom stereocenters. The van der Waals surface area contributed by atoms with Crippen molar-refractivity contribution in [1.82, 2.24) is 10.0 Å². The Bertz CT molecular complexity index is 421. The zero-order valence-corrected chi connectivity index (χ0v) is 14.3. The minimum Gasteiger partial charge on any atom is -0.271 e. The highest BCUT2D eigenvalue weighted by molar-refractivity contribution is 8.02. The van der Waals surface area contributed by atoms with Gasteiger partial charge in [-0.3, -0.25) is 10.0 Å². The van der Waals surface area contributed by atoms with Gasteiger partial charge in [-0.1, -0.05) is 42.8 Å². The summed E-state index contributed by atoms with van der Waals surface area (Å²) in [7, 11) is 0. The van der Waals surface area contributed by atoms with E-state index in [1.165, 1.54) is 5.75 Å². The predicted molar refractivity (Wildman–Crippen MR) is 90.0 cm³/mol. The third-order valence-corrected chi connectivity index (χ3v) is 4.88. The van der Waals surface area contributed by atoms with E-state index in [9.17, 15) is 0 Å². The first-order chi connectivity index (χ1) is 9.49. The highest BCUT2D eigenvalue weighted by Gasteiger charge is 2.37. The maximum Gasteiger partial charge on any atom is 0.141 e. The molecule has 2 aliphatic heterocycles. The van der Waals surface area contributed by atoms with E-state index in [4.69, 9.17) is 23.2 Å². The summed E-state index contributed by atoms with van der Waals surface area (Å²) in [5.41, 5.74) is 0. The molecule has 0 aromatic heterocycles. The Hall–Kier alpha value is -0.160. The van der Waals surface area contributed by atoms with Crippen LogP contribution in [0.4, 0.5) is 0 Å². The van der Waals surface area contributed by atoms with E-state index in [0.29, 0.717) is 22.2 Å². The summed E-state index contributed by atoms with van der Waals surface area (Å²) in [4.78, 5) is 4.49. The predicted octanol–water partition coefficient (Wildman–Crippen LogP) is 4.12.